The topological polar surface area (TPSA) is 87.7 Å². The molecule has 4 bridgehead atoms. The van der Waals surface area contributed by atoms with Crippen LogP contribution < -0.4 is 10.6 Å². The van der Waals surface area contributed by atoms with Crippen molar-refractivity contribution in [2.75, 3.05) is 6.61 Å². The number of aliphatic hydroxyl groups excluding tert-OH is 1. The lowest BCUT2D eigenvalue weighted by atomic mass is 9.54. The summed E-state index contributed by atoms with van der Waals surface area (Å²) in [6, 6.07) is -0.898. The van der Waals surface area contributed by atoms with Crippen LogP contribution in [0.5, 0.6) is 0 Å². The van der Waals surface area contributed by atoms with Gasteiger partial charge in [0, 0.05) is 0 Å². The average Bonchev–Trinajstić information content (AvgIpc) is 2.62. The molecule has 0 saturated heterocycles. The Morgan fingerprint density at radius 2 is 1.66 bits per heavy atom. The van der Waals surface area contributed by atoms with E-state index in [0.717, 1.165) is 38.5 Å². The van der Waals surface area contributed by atoms with Gasteiger partial charge in [-0.25, -0.2) is 4.79 Å². The van der Waals surface area contributed by atoms with Crippen molar-refractivity contribution in [1.82, 2.24) is 10.6 Å². The first-order valence-corrected chi connectivity index (χ1v) is 11.7. The highest BCUT2D eigenvalue weighted by molar-refractivity contribution is 5.85. The lowest BCUT2D eigenvalue weighted by molar-refractivity contribution is -0.131. The lowest BCUT2D eigenvalue weighted by Gasteiger charge is -2.55. The molecule has 0 aromatic carbocycles. The fourth-order valence-corrected chi connectivity index (χ4v) is 6.19. The minimum Gasteiger partial charge on any atom is -0.443 e. The molecule has 0 aromatic rings. The second kappa shape index (κ2) is 9.67. The summed E-state index contributed by atoms with van der Waals surface area (Å²) in [5, 5.41) is 15.3. The van der Waals surface area contributed by atoms with Crippen LogP contribution in [0.2, 0.25) is 0 Å². The Labute approximate surface area is 175 Å². The smallest absolute Gasteiger partial charge is 0.408 e. The molecule has 0 aromatic heterocycles. The van der Waals surface area contributed by atoms with E-state index in [1.54, 1.807) is 0 Å². The van der Waals surface area contributed by atoms with E-state index >= 15 is 0 Å². The van der Waals surface area contributed by atoms with E-state index in [2.05, 4.69) is 17.6 Å². The predicted octanol–water partition coefficient (Wildman–Crippen LogP) is 3.76. The molecule has 0 heterocycles. The molecule has 0 aliphatic heterocycles. The molecule has 0 unspecified atom stereocenters. The summed E-state index contributed by atoms with van der Waals surface area (Å²) in [7, 11) is 0. The van der Waals surface area contributed by atoms with Crippen molar-refractivity contribution in [1.29, 1.82) is 0 Å². The minimum absolute atomic E-state index is 0.0855. The molecule has 2 atom stereocenters. The third-order valence-electron chi connectivity index (χ3n) is 7.08. The highest BCUT2D eigenvalue weighted by atomic mass is 16.6. The Bertz CT molecular complexity index is 542. The second-order valence-electron chi connectivity index (χ2n) is 10.3. The van der Waals surface area contributed by atoms with Crippen LogP contribution in [0.1, 0.15) is 85.0 Å². The van der Waals surface area contributed by atoms with Gasteiger partial charge >= 0.3 is 6.09 Å². The molecule has 0 radical (unpaired) electrons. The first kappa shape index (κ1) is 22.4. The van der Waals surface area contributed by atoms with Crippen LogP contribution in [-0.2, 0) is 9.53 Å². The number of carbonyl (C=O) groups excluding carboxylic acids is 2. The van der Waals surface area contributed by atoms with E-state index in [0.29, 0.717) is 24.2 Å². The molecule has 6 heteroatoms. The minimum atomic E-state index is -0.632. The molecule has 3 N–H and O–H groups in total. The van der Waals surface area contributed by atoms with Crippen molar-refractivity contribution >= 4 is 12.0 Å². The van der Waals surface area contributed by atoms with Crippen molar-refractivity contribution in [2.45, 2.75) is 103 Å². The van der Waals surface area contributed by atoms with Crippen LogP contribution in [-0.4, -0.2) is 41.4 Å². The zero-order valence-corrected chi connectivity index (χ0v) is 18.4. The average molecular weight is 409 g/mol. The molecular weight excluding hydrogens is 368 g/mol. The monoisotopic (exact) mass is 408 g/mol. The van der Waals surface area contributed by atoms with Gasteiger partial charge in [-0.3, -0.25) is 4.79 Å². The fourth-order valence-electron chi connectivity index (χ4n) is 6.19. The molecular formula is C23H40N2O4. The number of alkyl carbamates (subject to hydrolysis) is 1. The van der Waals surface area contributed by atoms with Crippen molar-refractivity contribution < 1.29 is 19.4 Å². The number of hydrogen-bond acceptors (Lipinski definition) is 4. The fraction of sp³-hybridized carbons (Fsp3) is 0.913. The Morgan fingerprint density at radius 3 is 2.14 bits per heavy atom. The molecule has 4 fully saturated rings. The van der Waals surface area contributed by atoms with Crippen LogP contribution in [0.25, 0.3) is 0 Å². The molecule has 4 saturated carbocycles. The number of unbranched alkanes of at least 4 members (excludes halogenated alkanes) is 1. The van der Waals surface area contributed by atoms with Gasteiger partial charge < -0.3 is 20.5 Å². The number of aliphatic hydroxyl groups is 1. The van der Waals surface area contributed by atoms with Gasteiger partial charge in [0.2, 0.25) is 5.91 Å². The third kappa shape index (κ3) is 5.87. The van der Waals surface area contributed by atoms with Crippen LogP contribution in [0.4, 0.5) is 4.79 Å². The maximum Gasteiger partial charge on any atom is 0.408 e. The van der Waals surface area contributed by atoms with Crippen LogP contribution in [0, 0.1) is 23.7 Å². The van der Waals surface area contributed by atoms with E-state index in [4.69, 9.17) is 4.74 Å². The maximum absolute atomic E-state index is 12.8. The predicted molar refractivity (Wildman–Crippen MR) is 112 cm³/mol. The van der Waals surface area contributed by atoms with E-state index in [9.17, 15) is 14.7 Å². The van der Waals surface area contributed by atoms with Crippen LogP contribution >= 0.6 is 0 Å². The SMILES string of the molecule is CCCC[C@@H](CO)NC(=O)[C@H](CC(C)C)NC(=O)OC12CC3CC(CC(C3)C1)C2. The highest BCUT2D eigenvalue weighted by Gasteiger charge is 2.53. The van der Waals surface area contributed by atoms with Crippen molar-refractivity contribution in [3.05, 3.63) is 0 Å². The maximum atomic E-state index is 12.8. The Balaban J connectivity index is 1.57. The summed E-state index contributed by atoms with van der Waals surface area (Å²) in [5.41, 5.74) is -0.313. The number of rotatable bonds is 10. The zero-order valence-electron chi connectivity index (χ0n) is 18.4. The summed E-state index contributed by atoms with van der Waals surface area (Å²) in [6.07, 6.45) is 9.62. The summed E-state index contributed by atoms with van der Waals surface area (Å²) in [6.45, 7) is 6.07. The third-order valence-corrected chi connectivity index (χ3v) is 7.08. The summed E-state index contributed by atoms with van der Waals surface area (Å²) in [5.74, 6) is 2.14. The number of amides is 2. The van der Waals surface area contributed by atoms with Crippen LogP contribution in [0.3, 0.4) is 0 Å². The van der Waals surface area contributed by atoms with Gasteiger partial charge in [-0.2, -0.15) is 0 Å². The molecule has 4 aliphatic rings. The number of carbonyl (C=O) groups is 2. The largest absolute Gasteiger partial charge is 0.443 e. The molecule has 29 heavy (non-hydrogen) atoms. The molecule has 166 valence electrons. The van der Waals surface area contributed by atoms with Gasteiger partial charge in [0.25, 0.3) is 0 Å². The van der Waals surface area contributed by atoms with Gasteiger partial charge in [0.15, 0.2) is 0 Å². The van der Waals surface area contributed by atoms with E-state index in [1.807, 2.05) is 13.8 Å². The van der Waals surface area contributed by atoms with Gasteiger partial charge in [0.05, 0.1) is 12.6 Å². The molecule has 4 rings (SSSR count). The lowest BCUT2D eigenvalue weighted by Crippen LogP contribution is -2.56. The van der Waals surface area contributed by atoms with E-state index < -0.39 is 12.1 Å². The Kier molecular flexibility index (Phi) is 7.47. The highest BCUT2D eigenvalue weighted by Crippen LogP contribution is 2.57. The second-order valence-corrected chi connectivity index (χ2v) is 10.3. The number of hydrogen-bond donors (Lipinski definition) is 3. The molecule has 0 spiro atoms. The summed E-state index contributed by atoms with van der Waals surface area (Å²) >= 11 is 0. The van der Waals surface area contributed by atoms with Crippen molar-refractivity contribution in [2.24, 2.45) is 23.7 Å². The molecule has 6 nitrogen and oxygen atoms in total. The van der Waals surface area contributed by atoms with Gasteiger partial charge in [0.1, 0.15) is 11.6 Å². The van der Waals surface area contributed by atoms with E-state index in [-0.39, 0.29) is 30.1 Å². The first-order chi connectivity index (χ1) is 13.8. The zero-order chi connectivity index (χ0) is 21.0. The van der Waals surface area contributed by atoms with Crippen molar-refractivity contribution in [3.8, 4) is 0 Å². The van der Waals surface area contributed by atoms with Crippen molar-refractivity contribution in [3.63, 3.8) is 0 Å². The Hall–Kier alpha value is -1.30. The van der Waals surface area contributed by atoms with E-state index in [1.165, 1.54) is 19.3 Å². The molecule has 4 aliphatic carbocycles. The molecule has 2 amide bonds. The quantitative estimate of drug-likeness (QED) is 0.513. The van der Waals surface area contributed by atoms with Crippen LogP contribution in [0.15, 0.2) is 0 Å². The van der Waals surface area contributed by atoms with Gasteiger partial charge in [-0.1, -0.05) is 33.6 Å². The number of ether oxygens (including phenoxy) is 1. The normalized spacial score (nSPS) is 32.1. The standard InChI is InChI=1S/C23H40N2O4/c1-4-5-6-19(14-26)24-21(27)20(7-15(2)3)25-22(28)29-23-11-16-8-17(12-23)10-18(9-16)13-23/h15-20,26H,4-14H2,1-3H3,(H,24,27)(H,25,28)/t16?,17?,18?,19-,20-,23?/m0/s1. The summed E-state index contributed by atoms with van der Waals surface area (Å²) in [4.78, 5) is 25.6. The first-order valence-electron chi connectivity index (χ1n) is 11.7. The Morgan fingerprint density at radius 1 is 1.07 bits per heavy atom. The number of nitrogens with one attached hydrogen (secondary N) is 2. The van der Waals surface area contributed by atoms with Gasteiger partial charge in [-0.15, -0.1) is 0 Å². The summed E-state index contributed by atoms with van der Waals surface area (Å²) < 4.78 is 6.03. The van der Waals surface area contributed by atoms with Gasteiger partial charge in [-0.05, 0) is 75.0 Å².